The van der Waals surface area contributed by atoms with Gasteiger partial charge in [0.25, 0.3) is 0 Å². The number of hydrogen-bond donors (Lipinski definition) is 0. The Hall–Kier alpha value is -2.21. The van der Waals surface area contributed by atoms with E-state index in [1.807, 2.05) is 60.7 Å². The maximum absolute atomic E-state index is 11.6. The molecule has 0 N–H and O–H groups in total. The lowest BCUT2D eigenvalue weighted by atomic mass is 10.1. The van der Waals surface area contributed by atoms with Crippen LogP contribution in [-0.4, -0.2) is 37.0 Å². The van der Waals surface area contributed by atoms with E-state index >= 15 is 0 Å². The molecule has 0 bridgehead atoms. The van der Waals surface area contributed by atoms with E-state index in [9.17, 15) is 4.79 Å². The van der Waals surface area contributed by atoms with Gasteiger partial charge in [0.1, 0.15) is 12.6 Å². The van der Waals surface area contributed by atoms with Gasteiger partial charge in [-0.25, -0.2) is 5.06 Å². The van der Waals surface area contributed by atoms with Crippen molar-refractivity contribution in [1.29, 1.82) is 0 Å². The molecule has 0 saturated carbocycles. The summed E-state index contributed by atoms with van der Waals surface area (Å²) in [6.45, 7) is 1.38. The van der Waals surface area contributed by atoms with Crippen LogP contribution < -0.4 is 0 Å². The number of benzene rings is 2. The molecule has 5 heteroatoms. The zero-order valence-electron chi connectivity index (χ0n) is 13.4. The molecule has 0 aliphatic carbocycles. The molecule has 126 valence electrons. The van der Waals surface area contributed by atoms with Crippen LogP contribution in [-0.2, 0) is 32.1 Å². The van der Waals surface area contributed by atoms with Crippen LogP contribution in [0.3, 0.4) is 0 Å². The quantitative estimate of drug-likeness (QED) is 0.552. The second-order valence-electron chi connectivity index (χ2n) is 5.59. The molecular weight excluding hydrogens is 306 g/mol. The molecule has 0 radical (unpaired) electrons. The van der Waals surface area contributed by atoms with Crippen LogP contribution in [0.15, 0.2) is 60.7 Å². The Morgan fingerprint density at radius 3 is 2.17 bits per heavy atom. The van der Waals surface area contributed by atoms with Crippen LogP contribution in [0.25, 0.3) is 0 Å². The SMILES string of the molecule is O=CN(OCc1ccccc1)[C@H](Cc1ccccc1)C1OCCO1. The minimum absolute atomic E-state index is 0.317. The normalized spacial score (nSPS) is 16.0. The second-order valence-corrected chi connectivity index (χ2v) is 5.59. The van der Waals surface area contributed by atoms with Gasteiger partial charge < -0.3 is 9.47 Å². The minimum Gasteiger partial charge on any atom is -0.348 e. The highest BCUT2D eigenvalue weighted by Gasteiger charge is 2.32. The van der Waals surface area contributed by atoms with Gasteiger partial charge in [0.15, 0.2) is 6.29 Å². The Bertz CT molecular complexity index is 614. The highest BCUT2D eigenvalue weighted by molar-refractivity contribution is 5.46. The van der Waals surface area contributed by atoms with Crippen LogP contribution >= 0.6 is 0 Å². The summed E-state index contributed by atoms with van der Waals surface area (Å²) in [5.41, 5.74) is 2.09. The summed E-state index contributed by atoms with van der Waals surface area (Å²) in [5.74, 6) is 0. The van der Waals surface area contributed by atoms with Crippen molar-refractivity contribution in [1.82, 2.24) is 5.06 Å². The molecule has 24 heavy (non-hydrogen) atoms. The van der Waals surface area contributed by atoms with Gasteiger partial charge in [0.05, 0.1) is 13.2 Å². The average molecular weight is 327 g/mol. The van der Waals surface area contributed by atoms with Crippen LogP contribution in [0.5, 0.6) is 0 Å². The van der Waals surface area contributed by atoms with Gasteiger partial charge in [-0.2, -0.15) is 0 Å². The summed E-state index contributed by atoms with van der Waals surface area (Å²) in [5, 5.41) is 1.32. The van der Waals surface area contributed by atoms with Crippen LogP contribution in [0.2, 0.25) is 0 Å². The molecule has 1 heterocycles. The fourth-order valence-electron chi connectivity index (χ4n) is 2.69. The van der Waals surface area contributed by atoms with Crippen molar-refractivity contribution in [3.8, 4) is 0 Å². The predicted octanol–water partition coefficient (Wildman–Crippen LogP) is 2.56. The Labute approximate surface area is 141 Å². The summed E-state index contributed by atoms with van der Waals surface area (Å²) < 4.78 is 11.2. The Kier molecular flexibility index (Phi) is 5.96. The summed E-state index contributed by atoms with van der Waals surface area (Å²) in [7, 11) is 0. The zero-order valence-corrected chi connectivity index (χ0v) is 13.4. The van der Waals surface area contributed by atoms with E-state index in [2.05, 4.69) is 0 Å². The van der Waals surface area contributed by atoms with Crippen molar-refractivity contribution in [3.63, 3.8) is 0 Å². The highest BCUT2D eigenvalue weighted by Crippen LogP contribution is 2.19. The van der Waals surface area contributed by atoms with Gasteiger partial charge in [0.2, 0.25) is 6.41 Å². The molecule has 1 saturated heterocycles. The smallest absolute Gasteiger partial charge is 0.233 e. The van der Waals surface area contributed by atoms with Gasteiger partial charge in [-0.1, -0.05) is 60.7 Å². The van der Waals surface area contributed by atoms with Crippen molar-refractivity contribution in [2.75, 3.05) is 13.2 Å². The molecule has 3 rings (SSSR count). The monoisotopic (exact) mass is 327 g/mol. The van der Waals surface area contributed by atoms with E-state index in [1.54, 1.807) is 0 Å². The number of rotatable bonds is 8. The lowest BCUT2D eigenvalue weighted by molar-refractivity contribution is -0.226. The van der Waals surface area contributed by atoms with Gasteiger partial charge in [-0.15, -0.1) is 0 Å². The Balaban J connectivity index is 1.70. The van der Waals surface area contributed by atoms with E-state index in [0.717, 1.165) is 11.1 Å². The van der Waals surface area contributed by atoms with Crippen molar-refractivity contribution in [2.24, 2.45) is 0 Å². The standard InChI is InChI=1S/C19H21NO4/c21-15-20(24-14-17-9-5-2-6-10-17)18(19-22-11-12-23-19)13-16-7-3-1-4-8-16/h1-10,15,18-19H,11-14H2/t18-/m1/s1. The maximum atomic E-state index is 11.6. The first kappa shape index (κ1) is 16.6. The summed E-state index contributed by atoms with van der Waals surface area (Å²) >= 11 is 0. The first-order chi connectivity index (χ1) is 11.9. The van der Waals surface area contributed by atoms with Crippen LogP contribution in [0.4, 0.5) is 0 Å². The van der Waals surface area contributed by atoms with Gasteiger partial charge in [-0.3, -0.25) is 9.63 Å². The molecular formula is C19H21NO4. The second kappa shape index (κ2) is 8.59. The van der Waals surface area contributed by atoms with Gasteiger partial charge >= 0.3 is 0 Å². The number of carbonyl (C=O) groups is 1. The van der Waals surface area contributed by atoms with Gasteiger partial charge in [0, 0.05) is 6.42 Å². The average Bonchev–Trinajstić information content (AvgIpc) is 3.17. The highest BCUT2D eigenvalue weighted by atomic mass is 16.7. The fourth-order valence-corrected chi connectivity index (χ4v) is 2.69. The summed E-state index contributed by atoms with van der Waals surface area (Å²) in [6, 6.07) is 19.3. The van der Waals surface area contributed by atoms with E-state index in [4.69, 9.17) is 14.3 Å². The molecule has 5 nitrogen and oxygen atoms in total. The van der Waals surface area contributed by atoms with E-state index < -0.39 is 6.29 Å². The number of hydroxylamine groups is 2. The third-order valence-corrected chi connectivity index (χ3v) is 3.90. The van der Waals surface area contributed by atoms with E-state index in [-0.39, 0.29) is 6.04 Å². The molecule has 0 spiro atoms. The molecule has 0 unspecified atom stereocenters. The minimum atomic E-state index is -0.480. The van der Waals surface area contributed by atoms with Crippen molar-refractivity contribution < 1.29 is 19.1 Å². The molecule has 1 amide bonds. The topological polar surface area (TPSA) is 48.0 Å². The number of nitrogens with zero attached hydrogens (tertiary/aromatic N) is 1. The number of amides is 1. The lowest BCUT2D eigenvalue weighted by Crippen LogP contribution is -2.45. The summed E-state index contributed by atoms with van der Waals surface area (Å²) in [6.07, 6.45) is 0.812. The molecule has 1 atom stereocenters. The Morgan fingerprint density at radius 2 is 1.58 bits per heavy atom. The lowest BCUT2D eigenvalue weighted by Gasteiger charge is -2.30. The zero-order chi connectivity index (χ0) is 16.6. The predicted molar refractivity (Wildman–Crippen MR) is 88.8 cm³/mol. The Morgan fingerprint density at radius 1 is 1.00 bits per heavy atom. The molecule has 0 aromatic heterocycles. The number of hydrogen-bond acceptors (Lipinski definition) is 4. The molecule has 1 aliphatic heterocycles. The molecule has 1 fully saturated rings. The first-order valence-electron chi connectivity index (χ1n) is 8.04. The summed E-state index contributed by atoms with van der Waals surface area (Å²) in [4.78, 5) is 17.3. The van der Waals surface area contributed by atoms with E-state index in [0.29, 0.717) is 32.7 Å². The first-order valence-corrected chi connectivity index (χ1v) is 8.04. The van der Waals surface area contributed by atoms with Gasteiger partial charge in [-0.05, 0) is 11.1 Å². The fraction of sp³-hybridized carbons (Fsp3) is 0.316. The van der Waals surface area contributed by atoms with E-state index in [1.165, 1.54) is 5.06 Å². The van der Waals surface area contributed by atoms with Crippen molar-refractivity contribution in [3.05, 3.63) is 71.8 Å². The van der Waals surface area contributed by atoms with Crippen LogP contribution in [0, 0.1) is 0 Å². The van der Waals surface area contributed by atoms with Crippen LogP contribution in [0.1, 0.15) is 11.1 Å². The number of ether oxygens (including phenoxy) is 2. The molecule has 1 aliphatic rings. The largest absolute Gasteiger partial charge is 0.348 e. The molecule has 2 aromatic carbocycles. The third-order valence-electron chi connectivity index (χ3n) is 3.90. The van der Waals surface area contributed by atoms with Crippen molar-refractivity contribution in [2.45, 2.75) is 25.4 Å². The maximum Gasteiger partial charge on any atom is 0.233 e. The molecule has 2 aromatic rings. The third kappa shape index (κ3) is 4.41. The number of carbonyl (C=O) groups excluding carboxylic acids is 1. The van der Waals surface area contributed by atoms with Crippen molar-refractivity contribution >= 4 is 6.41 Å².